The molecule has 0 aliphatic carbocycles. The molecule has 0 unspecified atom stereocenters. The molecule has 3 rings (SSSR count). The molecule has 0 heterocycles. The van der Waals surface area contributed by atoms with Crippen molar-refractivity contribution in [2.24, 2.45) is 11.5 Å². The van der Waals surface area contributed by atoms with Crippen LogP contribution >= 0.6 is 0 Å². The van der Waals surface area contributed by atoms with E-state index in [4.69, 9.17) is 11.5 Å². The zero-order chi connectivity index (χ0) is 23.8. The second kappa shape index (κ2) is 11.0. The Morgan fingerprint density at radius 1 is 0.758 bits per heavy atom. The molecule has 6 N–H and O–H groups in total. The number of amides is 2. The highest BCUT2D eigenvalue weighted by Gasteiger charge is 2.23. The Kier molecular flexibility index (Phi) is 7.85. The fourth-order valence-corrected chi connectivity index (χ4v) is 3.26. The minimum atomic E-state index is -0.683. The van der Waals surface area contributed by atoms with E-state index in [1.807, 2.05) is 24.3 Å². The summed E-state index contributed by atoms with van der Waals surface area (Å²) in [6.07, 6.45) is 1.43. The number of carbonyl (C=O) groups excluding carboxylic acids is 2. The van der Waals surface area contributed by atoms with Crippen molar-refractivity contribution < 1.29 is 14.5 Å². The van der Waals surface area contributed by atoms with Gasteiger partial charge in [0.25, 0.3) is 17.5 Å². The second-order valence-corrected chi connectivity index (χ2v) is 7.37. The van der Waals surface area contributed by atoms with Gasteiger partial charge in [0.15, 0.2) is 0 Å². The Bertz CT molecular complexity index is 1140. The number of hydrogen-bond donors (Lipinski definition) is 4. The number of carbonyl (C=O) groups is 2. The van der Waals surface area contributed by atoms with Crippen LogP contribution in [0.2, 0.25) is 0 Å². The van der Waals surface area contributed by atoms with Crippen molar-refractivity contribution in [1.29, 1.82) is 0 Å². The molecule has 2 amide bonds. The molecule has 0 saturated heterocycles. The standard InChI is InChI=1S/C24H25N5O4/c25-13-11-16-1-6-19(7-2-16)27-23(30)18-5-10-21(22(15-18)29(32)33)24(31)28-20-8-3-17(4-9-20)12-14-26/h1-10,15H,11-14,25-26H2,(H,27,30)(H,28,31). The topological polar surface area (TPSA) is 153 Å². The summed E-state index contributed by atoms with van der Waals surface area (Å²) in [6, 6.07) is 18.0. The van der Waals surface area contributed by atoms with E-state index in [9.17, 15) is 19.7 Å². The molecular weight excluding hydrogens is 422 g/mol. The summed E-state index contributed by atoms with van der Waals surface area (Å²) in [5.41, 5.74) is 13.6. The fourth-order valence-electron chi connectivity index (χ4n) is 3.26. The zero-order valence-electron chi connectivity index (χ0n) is 17.9. The molecule has 0 bridgehead atoms. The van der Waals surface area contributed by atoms with E-state index in [2.05, 4.69) is 10.6 Å². The van der Waals surface area contributed by atoms with Crippen LogP contribution in [0.5, 0.6) is 0 Å². The summed E-state index contributed by atoms with van der Waals surface area (Å²) in [7, 11) is 0. The Labute approximate surface area is 190 Å². The van der Waals surface area contributed by atoms with Crippen LogP contribution in [0.3, 0.4) is 0 Å². The van der Waals surface area contributed by atoms with Crippen LogP contribution in [0.25, 0.3) is 0 Å². The zero-order valence-corrected chi connectivity index (χ0v) is 17.9. The smallest absolute Gasteiger partial charge is 0.282 e. The molecule has 0 aromatic heterocycles. The third-order valence-electron chi connectivity index (χ3n) is 4.99. The van der Waals surface area contributed by atoms with Crippen LogP contribution in [0, 0.1) is 10.1 Å². The van der Waals surface area contributed by atoms with Gasteiger partial charge in [0.05, 0.1) is 4.92 Å². The minimum Gasteiger partial charge on any atom is -0.330 e. The molecule has 170 valence electrons. The SMILES string of the molecule is NCCc1ccc(NC(=O)c2ccc(C(=O)Nc3ccc(CCN)cc3)c([N+](=O)[O-])c2)cc1. The first-order valence-electron chi connectivity index (χ1n) is 10.4. The number of rotatable bonds is 9. The fraction of sp³-hybridized carbons (Fsp3) is 0.167. The molecular formula is C24H25N5O4. The largest absolute Gasteiger partial charge is 0.330 e. The Morgan fingerprint density at radius 3 is 1.70 bits per heavy atom. The van der Waals surface area contributed by atoms with E-state index < -0.39 is 22.4 Å². The monoisotopic (exact) mass is 447 g/mol. The first kappa shape index (κ1) is 23.6. The molecule has 0 spiro atoms. The number of benzene rings is 3. The quantitative estimate of drug-likeness (QED) is 0.292. The first-order chi connectivity index (χ1) is 15.9. The Hall–Kier alpha value is -4.08. The summed E-state index contributed by atoms with van der Waals surface area (Å²) in [5.74, 6) is -1.16. The molecule has 33 heavy (non-hydrogen) atoms. The molecule has 0 aliphatic rings. The lowest BCUT2D eigenvalue weighted by molar-refractivity contribution is -0.385. The lowest BCUT2D eigenvalue weighted by atomic mass is 10.1. The van der Waals surface area contributed by atoms with Crippen molar-refractivity contribution in [1.82, 2.24) is 0 Å². The van der Waals surface area contributed by atoms with Crippen LogP contribution in [-0.2, 0) is 12.8 Å². The van der Waals surface area contributed by atoms with E-state index in [-0.39, 0.29) is 11.1 Å². The highest BCUT2D eigenvalue weighted by atomic mass is 16.6. The summed E-state index contributed by atoms with van der Waals surface area (Å²) in [4.78, 5) is 36.2. The normalized spacial score (nSPS) is 10.5. The maximum absolute atomic E-state index is 12.7. The predicted octanol–water partition coefficient (Wildman–Crippen LogP) is 3.10. The maximum Gasteiger partial charge on any atom is 0.282 e. The first-order valence-corrected chi connectivity index (χ1v) is 10.4. The third kappa shape index (κ3) is 6.22. The lowest BCUT2D eigenvalue weighted by Crippen LogP contribution is -2.16. The number of nitro benzene ring substituents is 1. The number of nitrogens with two attached hydrogens (primary N) is 2. The molecule has 0 saturated carbocycles. The van der Waals surface area contributed by atoms with E-state index in [1.54, 1.807) is 24.3 Å². The van der Waals surface area contributed by atoms with Gasteiger partial charge in [-0.3, -0.25) is 19.7 Å². The summed E-state index contributed by atoms with van der Waals surface area (Å²) in [5, 5.41) is 16.9. The third-order valence-corrected chi connectivity index (χ3v) is 4.99. The number of anilines is 2. The van der Waals surface area contributed by atoms with Gasteiger partial charge in [-0.05, 0) is 73.5 Å². The van der Waals surface area contributed by atoms with Gasteiger partial charge < -0.3 is 22.1 Å². The predicted molar refractivity (Wildman–Crippen MR) is 127 cm³/mol. The molecule has 0 radical (unpaired) electrons. The van der Waals surface area contributed by atoms with E-state index in [0.29, 0.717) is 30.9 Å². The van der Waals surface area contributed by atoms with E-state index >= 15 is 0 Å². The van der Waals surface area contributed by atoms with Gasteiger partial charge in [-0.1, -0.05) is 24.3 Å². The average molecular weight is 447 g/mol. The molecule has 9 nitrogen and oxygen atoms in total. The van der Waals surface area contributed by atoms with Gasteiger partial charge >= 0.3 is 0 Å². The maximum atomic E-state index is 12.7. The van der Waals surface area contributed by atoms with Crippen molar-refractivity contribution in [3.63, 3.8) is 0 Å². The van der Waals surface area contributed by atoms with Crippen LogP contribution in [0.1, 0.15) is 31.8 Å². The van der Waals surface area contributed by atoms with Crippen molar-refractivity contribution >= 4 is 28.9 Å². The Morgan fingerprint density at radius 2 is 1.24 bits per heavy atom. The molecule has 3 aromatic rings. The van der Waals surface area contributed by atoms with Crippen molar-refractivity contribution in [3.8, 4) is 0 Å². The van der Waals surface area contributed by atoms with Gasteiger partial charge in [-0.15, -0.1) is 0 Å². The van der Waals surface area contributed by atoms with Gasteiger partial charge in [0.2, 0.25) is 0 Å². The Balaban J connectivity index is 1.75. The molecule has 0 atom stereocenters. The molecule has 0 fully saturated rings. The van der Waals surface area contributed by atoms with Crippen molar-refractivity contribution in [2.75, 3.05) is 23.7 Å². The van der Waals surface area contributed by atoms with Gasteiger partial charge in [-0.2, -0.15) is 0 Å². The lowest BCUT2D eigenvalue weighted by Gasteiger charge is -2.09. The number of nitrogens with one attached hydrogen (secondary N) is 2. The van der Waals surface area contributed by atoms with Crippen molar-refractivity contribution in [2.45, 2.75) is 12.8 Å². The van der Waals surface area contributed by atoms with E-state index in [1.165, 1.54) is 12.1 Å². The van der Waals surface area contributed by atoms with Crippen LogP contribution in [-0.4, -0.2) is 29.8 Å². The minimum absolute atomic E-state index is 0.0652. The summed E-state index contributed by atoms with van der Waals surface area (Å²) in [6.45, 7) is 1.03. The van der Waals surface area contributed by atoms with Gasteiger partial charge in [-0.25, -0.2) is 0 Å². The number of nitro groups is 1. The van der Waals surface area contributed by atoms with Gasteiger partial charge in [0.1, 0.15) is 5.56 Å². The number of nitrogens with zero attached hydrogens (tertiary/aromatic N) is 1. The highest BCUT2D eigenvalue weighted by molar-refractivity contribution is 6.09. The molecule has 3 aromatic carbocycles. The van der Waals surface area contributed by atoms with Crippen LogP contribution < -0.4 is 22.1 Å². The number of hydrogen-bond acceptors (Lipinski definition) is 6. The average Bonchev–Trinajstić information content (AvgIpc) is 2.81. The molecule has 0 aliphatic heterocycles. The summed E-state index contributed by atoms with van der Waals surface area (Å²) >= 11 is 0. The van der Waals surface area contributed by atoms with Crippen LogP contribution in [0.4, 0.5) is 17.1 Å². The summed E-state index contributed by atoms with van der Waals surface area (Å²) < 4.78 is 0. The van der Waals surface area contributed by atoms with E-state index in [0.717, 1.165) is 23.6 Å². The second-order valence-electron chi connectivity index (χ2n) is 7.37. The van der Waals surface area contributed by atoms with Crippen molar-refractivity contribution in [3.05, 3.63) is 99.1 Å². The molecule has 9 heteroatoms. The van der Waals surface area contributed by atoms with Crippen LogP contribution in [0.15, 0.2) is 66.7 Å². The highest BCUT2D eigenvalue weighted by Crippen LogP contribution is 2.23. The van der Waals surface area contributed by atoms with Gasteiger partial charge in [0, 0.05) is 23.0 Å².